The minimum absolute atomic E-state index is 0.277. The summed E-state index contributed by atoms with van der Waals surface area (Å²) < 4.78 is 0. The highest BCUT2D eigenvalue weighted by Crippen LogP contribution is 2.22. The van der Waals surface area contributed by atoms with E-state index in [1.807, 2.05) is 0 Å². The van der Waals surface area contributed by atoms with E-state index in [1.54, 1.807) is 18.2 Å². The van der Waals surface area contributed by atoms with E-state index in [4.69, 9.17) is 17.0 Å². The van der Waals surface area contributed by atoms with E-state index >= 15 is 0 Å². The van der Waals surface area contributed by atoms with Gasteiger partial charge in [0.1, 0.15) is 11.1 Å². The van der Waals surface area contributed by atoms with E-state index in [2.05, 4.69) is 0 Å². The maximum atomic E-state index is 11.5. The summed E-state index contributed by atoms with van der Waals surface area (Å²) >= 11 is 5.65. The first-order chi connectivity index (χ1) is 6.63. The van der Waals surface area contributed by atoms with Gasteiger partial charge in [0, 0.05) is 11.1 Å². The van der Waals surface area contributed by atoms with Crippen LogP contribution in [-0.4, -0.2) is 22.7 Å². The molecule has 0 saturated carbocycles. The molecule has 14 heavy (non-hydrogen) atoms. The van der Waals surface area contributed by atoms with Crippen LogP contribution in [0.3, 0.4) is 0 Å². The smallest absolute Gasteiger partial charge is 0.209 e. The number of rotatable bonds is 0. The number of halogens is 1. The van der Waals surface area contributed by atoms with Crippen molar-refractivity contribution < 1.29 is 9.59 Å². The van der Waals surface area contributed by atoms with Crippen LogP contribution in [-0.2, 0) is 0 Å². The lowest BCUT2D eigenvalue weighted by Gasteiger charge is -2.17. The number of alkyl halides is 1. The molecule has 0 heterocycles. The Morgan fingerprint density at radius 1 is 1.14 bits per heavy atom. The van der Waals surface area contributed by atoms with E-state index < -0.39 is 11.2 Å². The molecule has 0 radical (unpaired) electrons. The van der Waals surface area contributed by atoms with Crippen LogP contribution in [0.15, 0.2) is 24.3 Å². The van der Waals surface area contributed by atoms with Crippen molar-refractivity contribution in [3.63, 3.8) is 0 Å². The van der Waals surface area contributed by atoms with Crippen molar-refractivity contribution in [1.82, 2.24) is 0 Å². The summed E-state index contributed by atoms with van der Waals surface area (Å²) in [6.45, 7) is 0. The highest BCUT2D eigenvalue weighted by molar-refractivity contribution is 6.64. The number of carbonyl (C=O) groups is 2. The zero-order valence-electron chi connectivity index (χ0n) is 7.08. The van der Waals surface area contributed by atoms with Crippen LogP contribution in [0, 0.1) is 5.41 Å². The van der Waals surface area contributed by atoms with Crippen molar-refractivity contribution in [1.29, 1.82) is 5.41 Å². The molecule has 1 aromatic rings. The number of ketones is 2. The first-order valence-electron chi connectivity index (χ1n) is 4.03. The van der Waals surface area contributed by atoms with Gasteiger partial charge in [0.05, 0.1) is 0 Å². The summed E-state index contributed by atoms with van der Waals surface area (Å²) in [5.74, 6) is -0.827. The van der Waals surface area contributed by atoms with Gasteiger partial charge in [-0.15, -0.1) is 11.6 Å². The number of carbonyl (C=O) groups excluding carboxylic acids is 2. The van der Waals surface area contributed by atoms with Gasteiger partial charge in [-0.3, -0.25) is 15.0 Å². The average Bonchev–Trinajstić information content (AvgIpc) is 2.23. The third-order valence-corrected chi connectivity index (χ3v) is 2.58. The Morgan fingerprint density at radius 2 is 1.71 bits per heavy atom. The van der Waals surface area contributed by atoms with Gasteiger partial charge in [-0.1, -0.05) is 24.3 Å². The molecule has 0 aliphatic heterocycles. The van der Waals surface area contributed by atoms with Gasteiger partial charge in [-0.25, -0.2) is 0 Å². The minimum Gasteiger partial charge on any atom is -0.299 e. The third kappa shape index (κ3) is 1.09. The van der Waals surface area contributed by atoms with Crippen LogP contribution >= 0.6 is 11.6 Å². The second kappa shape index (κ2) is 3.03. The fourth-order valence-corrected chi connectivity index (χ4v) is 1.64. The monoisotopic (exact) mass is 207 g/mol. The quantitative estimate of drug-likeness (QED) is 0.659. The largest absolute Gasteiger partial charge is 0.299 e. The standard InChI is InChI=1S/C10H6ClNO2/c11-7-8(12)10(14)6-4-2-1-3-5(6)9(7)13/h1-4,7,12H. The Balaban J connectivity index is 2.68. The lowest BCUT2D eigenvalue weighted by molar-refractivity contribution is 0.0967. The van der Waals surface area contributed by atoms with Crippen LogP contribution in [0.1, 0.15) is 20.7 Å². The molecule has 0 aromatic heterocycles. The molecular formula is C10H6ClNO2. The number of nitrogens with one attached hydrogen (secondary N) is 1. The Bertz CT molecular complexity index is 453. The van der Waals surface area contributed by atoms with Gasteiger partial charge in [0.25, 0.3) is 0 Å². The number of benzene rings is 1. The molecule has 1 N–H and O–H groups in total. The Labute approximate surface area is 85.2 Å². The van der Waals surface area contributed by atoms with E-state index in [0.717, 1.165) is 0 Å². The molecule has 0 fully saturated rings. The van der Waals surface area contributed by atoms with Gasteiger partial charge in [0.15, 0.2) is 5.78 Å². The van der Waals surface area contributed by atoms with Crippen LogP contribution in [0.2, 0.25) is 0 Å². The Morgan fingerprint density at radius 3 is 2.36 bits per heavy atom. The molecule has 1 aromatic carbocycles. The molecule has 0 spiro atoms. The molecule has 1 aliphatic rings. The highest BCUT2D eigenvalue weighted by atomic mass is 35.5. The third-order valence-electron chi connectivity index (χ3n) is 2.17. The number of hydrogen-bond acceptors (Lipinski definition) is 3. The van der Waals surface area contributed by atoms with Crippen molar-refractivity contribution in [2.24, 2.45) is 0 Å². The average molecular weight is 208 g/mol. The molecule has 3 nitrogen and oxygen atoms in total. The number of hydrogen-bond donors (Lipinski definition) is 1. The van der Waals surface area contributed by atoms with E-state index in [1.165, 1.54) is 6.07 Å². The predicted octanol–water partition coefficient (Wildman–Crippen LogP) is 1.69. The van der Waals surface area contributed by atoms with Crippen molar-refractivity contribution in [3.05, 3.63) is 35.4 Å². The normalized spacial score (nSPS) is 20.9. The summed E-state index contributed by atoms with van der Waals surface area (Å²) in [6.07, 6.45) is 0. The first-order valence-corrected chi connectivity index (χ1v) is 4.47. The molecule has 0 bridgehead atoms. The summed E-state index contributed by atoms with van der Waals surface area (Å²) in [6, 6.07) is 6.42. The Hall–Kier alpha value is -1.48. The van der Waals surface area contributed by atoms with Crippen molar-refractivity contribution in [2.75, 3.05) is 0 Å². The first kappa shape index (κ1) is 9.09. The highest BCUT2D eigenvalue weighted by Gasteiger charge is 2.35. The van der Waals surface area contributed by atoms with Crippen LogP contribution in [0.5, 0.6) is 0 Å². The zero-order chi connectivity index (χ0) is 10.3. The van der Waals surface area contributed by atoms with Crippen LogP contribution in [0.4, 0.5) is 0 Å². The summed E-state index contributed by atoms with van der Waals surface area (Å²) in [5.41, 5.74) is 0.253. The van der Waals surface area contributed by atoms with Crippen molar-refractivity contribution >= 4 is 28.9 Å². The fourth-order valence-electron chi connectivity index (χ4n) is 1.42. The molecule has 0 amide bonds. The maximum absolute atomic E-state index is 11.5. The van der Waals surface area contributed by atoms with E-state index in [9.17, 15) is 9.59 Å². The molecule has 1 aliphatic carbocycles. The summed E-state index contributed by atoms with van der Waals surface area (Å²) in [7, 11) is 0. The minimum atomic E-state index is -1.13. The fraction of sp³-hybridized carbons (Fsp3) is 0.100. The molecule has 2 rings (SSSR count). The molecular weight excluding hydrogens is 202 g/mol. The second-order valence-electron chi connectivity index (χ2n) is 3.02. The van der Waals surface area contributed by atoms with Gasteiger partial charge >= 0.3 is 0 Å². The topological polar surface area (TPSA) is 58.0 Å². The SMILES string of the molecule is N=C1C(=O)c2ccccc2C(=O)C1Cl. The second-order valence-corrected chi connectivity index (χ2v) is 3.45. The van der Waals surface area contributed by atoms with E-state index in [0.29, 0.717) is 5.56 Å². The molecule has 70 valence electrons. The van der Waals surface area contributed by atoms with Crippen LogP contribution < -0.4 is 0 Å². The molecule has 0 saturated heterocycles. The van der Waals surface area contributed by atoms with Crippen LogP contribution in [0.25, 0.3) is 0 Å². The van der Waals surface area contributed by atoms with Crippen molar-refractivity contribution in [2.45, 2.75) is 5.38 Å². The Kier molecular flexibility index (Phi) is 1.97. The molecule has 1 unspecified atom stereocenters. The lowest BCUT2D eigenvalue weighted by Crippen LogP contribution is -2.37. The van der Waals surface area contributed by atoms with Gasteiger partial charge in [0.2, 0.25) is 5.78 Å². The van der Waals surface area contributed by atoms with Gasteiger partial charge < -0.3 is 0 Å². The number of fused-ring (bicyclic) bond motifs is 1. The van der Waals surface area contributed by atoms with Gasteiger partial charge in [-0.2, -0.15) is 0 Å². The zero-order valence-corrected chi connectivity index (χ0v) is 7.84. The summed E-state index contributed by atoms with van der Waals surface area (Å²) in [5, 5.41) is 6.23. The molecule has 1 atom stereocenters. The van der Waals surface area contributed by atoms with Crippen molar-refractivity contribution in [3.8, 4) is 0 Å². The maximum Gasteiger partial charge on any atom is 0.209 e. The molecule has 4 heteroatoms. The lowest BCUT2D eigenvalue weighted by atomic mass is 9.88. The predicted molar refractivity (Wildman–Crippen MR) is 52.5 cm³/mol. The summed E-state index contributed by atoms with van der Waals surface area (Å²) in [4.78, 5) is 23.1. The number of Topliss-reactive ketones (excluding diaryl/α,β-unsaturated/α-hetero) is 2. The van der Waals surface area contributed by atoms with E-state index in [-0.39, 0.29) is 17.1 Å². The van der Waals surface area contributed by atoms with Gasteiger partial charge in [-0.05, 0) is 0 Å².